The number of anilines is 1. The smallest absolute Gasteiger partial charge is 0.279 e. The summed E-state index contributed by atoms with van der Waals surface area (Å²) in [5.74, 6) is -0.460. The van der Waals surface area contributed by atoms with Crippen LogP contribution in [0.5, 0.6) is 0 Å². The van der Waals surface area contributed by atoms with E-state index in [0.717, 1.165) is 29.5 Å². The molecule has 0 radical (unpaired) electrons. The number of aromatic nitrogens is 1. The van der Waals surface area contributed by atoms with Crippen molar-refractivity contribution in [3.05, 3.63) is 100 Å². The van der Waals surface area contributed by atoms with E-state index in [9.17, 15) is 13.2 Å². The average molecular weight is 540 g/mol. The molecule has 1 N–H and O–H groups in total. The van der Waals surface area contributed by atoms with Gasteiger partial charge in [-0.1, -0.05) is 54.5 Å². The van der Waals surface area contributed by atoms with E-state index in [-0.39, 0.29) is 16.1 Å². The number of hydrogen-bond acceptors (Lipinski definition) is 4. The SMILES string of the molecule is C=CCn1c(=NC(=O)c2cccc(NS(=O)(=O)c3ccc(Cl)cc3)c2)sc2cc(CCCC)ccc21. The topological polar surface area (TPSA) is 80.5 Å². The molecule has 3 aromatic carbocycles. The van der Waals surface area contributed by atoms with Crippen molar-refractivity contribution in [3.63, 3.8) is 0 Å². The molecule has 0 spiro atoms. The maximum Gasteiger partial charge on any atom is 0.279 e. The number of sulfonamides is 1. The molecule has 1 amide bonds. The molecule has 9 heteroatoms. The van der Waals surface area contributed by atoms with Crippen LogP contribution in [-0.4, -0.2) is 18.9 Å². The molecule has 186 valence electrons. The maximum absolute atomic E-state index is 13.1. The van der Waals surface area contributed by atoms with Crippen LogP contribution in [0, 0.1) is 0 Å². The summed E-state index contributed by atoms with van der Waals surface area (Å²) in [6.07, 6.45) is 5.03. The molecule has 1 heterocycles. The minimum Gasteiger partial charge on any atom is -0.312 e. The first-order chi connectivity index (χ1) is 17.3. The summed E-state index contributed by atoms with van der Waals surface area (Å²) in [6, 6.07) is 18.5. The number of amides is 1. The monoisotopic (exact) mass is 539 g/mol. The summed E-state index contributed by atoms with van der Waals surface area (Å²) in [7, 11) is -3.84. The lowest BCUT2D eigenvalue weighted by Crippen LogP contribution is -2.16. The second kappa shape index (κ2) is 11.2. The minimum atomic E-state index is -3.84. The predicted molar refractivity (Wildman–Crippen MR) is 147 cm³/mol. The number of hydrogen-bond donors (Lipinski definition) is 1. The Hall–Kier alpha value is -3.20. The van der Waals surface area contributed by atoms with Gasteiger partial charge < -0.3 is 4.57 Å². The number of carbonyl (C=O) groups is 1. The highest BCUT2D eigenvalue weighted by molar-refractivity contribution is 7.92. The van der Waals surface area contributed by atoms with Crippen LogP contribution in [0.25, 0.3) is 10.2 Å². The Morgan fingerprint density at radius 2 is 1.92 bits per heavy atom. The Balaban J connectivity index is 1.65. The molecule has 0 atom stereocenters. The molecule has 0 saturated heterocycles. The van der Waals surface area contributed by atoms with Crippen LogP contribution in [-0.2, 0) is 23.0 Å². The number of aryl methyl sites for hydroxylation is 1. The van der Waals surface area contributed by atoms with Crippen molar-refractivity contribution < 1.29 is 13.2 Å². The maximum atomic E-state index is 13.1. The van der Waals surface area contributed by atoms with E-state index in [2.05, 4.69) is 41.4 Å². The minimum absolute atomic E-state index is 0.0716. The van der Waals surface area contributed by atoms with Gasteiger partial charge in [-0.05, 0) is 73.0 Å². The summed E-state index contributed by atoms with van der Waals surface area (Å²) in [5, 5.41) is 0.440. The largest absolute Gasteiger partial charge is 0.312 e. The summed E-state index contributed by atoms with van der Waals surface area (Å²) in [5.41, 5.74) is 2.80. The van der Waals surface area contributed by atoms with Gasteiger partial charge in [0.25, 0.3) is 15.9 Å². The Kier molecular flexibility index (Phi) is 8.08. The number of fused-ring (bicyclic) bond motifs is 1. The van der Waals surface area contributed by atoms with Crippen LogP contribution in [0.4, 0.5) is 5.69 Å². The molecule has 4 aromatic rings. The van der Waals surface area contributed by atoms with E-state index in [4.69, 9.17) is 11.6 Å². The van der Waals surface area contributed by atoms with Crippen molar-refractivity contribution in [1.29, 1.82) is 0 Å². The zero-order chi connectivity index (χ0) is 25.7. The molecule has 0 bridgehead atoms. The van der Waals surface area contributed by atoms with Gasteiger partial charge in [0.05, 0.1) is 15.1 Å². The van der Waals surface area contributed by atoms with Crippen molar-refractivity contribution in [1.82, 2.24) is 4.57 Å². The van der Waals surface area contributed by atoms with Gasteiger partial charge in [0.2, 0.25) is 0 Å². The molecule has 4 rings (SSSR count). The number of nitrogens with one attached hydrogen (secondary N) is 1. The number of rotatable bonds is 9. The zero-order valence-electron chi connectivity index (χ0n) is 19.8. The van der Waals surface area contributed by atoms with Gasteiger partial charge in [-0.15, -0.1) is 6.58 Å². The van der Waals surface area contributed by atoms with Crippen LogP contribution < -0.4 is 9.52 Å². The molecule has 0 aliphatic carbocycles. The Morgan fingerprint density at radius 1 is 1.14 bits per heavy atom. The molecule has 0 saturated carbocycles. The first-order valence-electron chi connectivity index (χ1n) is 11.5. The van der Waals surface area contributed by atoms with Crippen LogP contribution >= 0.6 is 22.9 Å². The predicted octanol–water partition coefficient (Wildman–Crippen LogP) is 6.43. The Bertz CT molecular complexity index is 1590. The standard InChI is InChI=1S/C27H26ClN3O3S2/c1-3-5-7-19-10-15-24-25(17-19)35-27(31(24)16-4-2)29-26(32)20-8-6-9-22(18-20)30-36(33,34)23-13-11-21(28)12-14-23/h4,6,8-15,17-18,30H,2-3,5,7,16H2,1H3. The number of halogens is 1. The van der Waals surface area contributed by atoms with E-state index < -0.39 is 15.9 Å². The summed E-state index contributed by atoms with van der Waals surface area (Å²) < 4.78 is 31.0. The molecular weight excluding hydrogens is 514 g/mol. The summed E-state index contributed by atoms with van der Waals surface area (Å²) in [6.45, 7) is 6.52. The molecule has 0 aliphatic heterocycles. The fraction of sp³-hybridized carbons (Fsp3) is 0.185. The van der Waals surface area contributed by atoms with Gasteiger partial charge in [-0.25, -0.2) is 8.42 Å². The van der Waals surface area contributed by atoms with Crippen molar-refractivity contribution in [2.75, 3.05) is 4.72 Å². The van der Waals surface area contributed by atoms with E-state index in [0.29, 0.717) is 16.4 Å². The van der Waals surface area contributed by atoms with Gasteiger partial charge in [-0.2, -0.15) is 4.99 Å². The van der Waals surface area contributed by atoms with Crippen molar-refractivity contribution in [3.8, 4) is 0 Å². The fourth-order valence-electron chi connectivity index (χ4n) is 3.74. The van der Waals surface area contributed by atoms with Gasteiger partial charge in [0, 0.05) is 22.8 Å². The molecule has 0 aliphatic rings. The van der Waals surface area contributed by atoms with Crippen molar-refractivity contribution in [2.45, 2.75) is 37.6 Å². The van der Waals surface area contributed by atoms with Crippen molar-refractivity contribution in [2.24, 2.45) is 4.99 Å². The summed E-state index contributed by atoms with van der Waals surface area (Å²) >= 11 is 7.31. The van der Waals surface area contributed by atoms with E-state index in [1.807, 2.05) is 4.57 Å². The Morgan fingerprint density at radius 3 is 2.64 bits per heavy atom. The Labute approximate surface area is 219 Å². The van der Waals surface area contributed by atoms with Gasteiger partial charge in [0.1, 0.15) is 0 Å². The number of nitrogens with zero attached hydrogens (tertiary/aromatic N) is 2. The number of carbonyl (C=O) groups excluding carboxylic acids is 1. The van der Waals surface area contributed by atoms with Crippen LogP contribution in [0.1, 0.15) is 35.7 Å². The third-order valence-corrected chi connectivity index (χ3v) is 8.25. The molecule has 1 aromatic heterocycles. The lowest BCUT2D eigenvalue weighted by atomic mass is 10.1. The normalized spacial score (nSPS) is 12.1. The number of unbranched alkanes of at least 4 members (excludes halogenated alkanes) is 1. The summed E-state index contributed by atoms with van der Waals surface area (Å²) in [4.78, 5) is 18.1. The van der Waals surface area contributed by atoms with Crippen LogP contribution in [0.3, 0.4) is 0 Å². The highest BCUT2D eigenvalue weighted by atomic mass is 35.5. The first-order valence-corrected chi connectivity index (χ1v) is 14.2. The highest BCUT2D eigenvalue weighted by Crippen LogP contribution is 2.22. The zero-order valence-corrected chi connectivity index (χ0v) is 22.2. The van der Waals surface area contributed by atoms with Crippen molar-refractivity contribution >= 4 is 54.8 Å². The average Bonchev–Trinajstić information content (AvgIpc) is 3.19. The van der Waals surface area contributed by atoms with E-state index in [1.54, 1.807) is 24.3 Å². The number of allylic oxidation sites excluding steroid dienone is 1. The van der Waals surface area contributed by atoms with Gasteiger partial charge >= 0.3 is 0 Å². The molecular formula is C27H26ClN3O3S2. The number of benzene rings is 3. The van der Waals surface area contributed by atoms with E-state index in [1.165, 1.54) is 47.2 Å². The quantitative estimate of drug-likeness (QED) is 0.249. The second-order valence-electron chi connectivity index (χ2n) is 8.25. The fourth-order valence-corrected chi connectivity index (χ4v) is 6.02. The van der Waals surface area contributed by atoms with E-state index >= 15 is 0 Å². The van der Waals surface area contributed by atoms with Gasteiger partial charge in [0.15, 0.2) is 4.80 Å². The lowest BCUT2D eigenvalue weighted by molar-refractivity contribution is 0.0998. The lowest BCUT2D eigenvalue weighted by Gasteiger charge is -2.09. The third-order valence-electron chi connectivity index (χ3n) is 5.56. The molecule has 6 nitrogen and oxygen atoms in total. The molecule has 0 unspecified atom stereocenters. The second-order valence-corrected chi connectivity index (χ2v) is 11.4. The van der Waals surface area contributed by atoms with Crippen LogP contribution in [0.2, 0.25) is 5.02 Å². The highest BCUT2D eigenvalue weighted by Gasteiger charge is 2.15. The number of thiazole rings is 1. The molecule has 0 fully saturated rings. The molecule has 36 heavy (non-hydrogen) atoms. The van der Waals surface area contributed by atoms with Gasteiger partial charge in [-0.3, -0.25) is 9.52 Å². The van der Waals surface area contributed by atoms with Crippen LogP contribution in [0.15, 0.2) is 89.3 Å². The third kappa shape index (κ3) is 5.95. The first kappa shape index (κ1) is 25.9.